The van der Waals surface area contributed by atoms with Crippen molar-refractivity contribution in [3.63, 3.8) is 0 Å². The fraction of sp³-hybridized carbons (Fsp3) is 0.727. The van der Waals surface area contributed by atoms with Crippen molar-refractivity contribution in [2.45, 2.75) is 26.9 Å². The van der Waals surface area contributed by atoms with Crippen LogP contribution in [0.1, 0.15) is 18.3 Å². The summed E-state index contributed by atoms with van der Waals surface area (Å²) >= 11 is 3.61. The number of hydrogen-bond acceptors (Lipinski definition) is 3. The van der Waals surface area contributed by atoms with Gasteiger partial charge in [0.1, 0.15) is 0 Å². The summed E-state index contributed by atoms with van der Waals surface area (Å²) < 4.78 is 3.21. The molecule has 0 aliphatic rings. The van der Waals surface area contributed by atoms with Crippen LogP contribution in [0.3, 0.4) is 0 Å². The molecule has 1 aromatic heterocycles. The van der Waals surface area contributed by atoms with Crippen molar-refractivity contribution < 1.29 is 0 Å². The van der Waals surface area contributed by atoms with Gasteiger partial charge in [-0.05, 0) is 43.9 Å². The highest BCUT2D eigenvalue weighted by molar-refractivity contribution is 9.10. The fourth-order valence-corrected chi connectivity index (χ4v) is 2.07. The summed E-state index contributed by atoms with van der Waals surface area (Å²) in [5.41, 5.74) is 2.33. The van der Waals surface area contributed by atoms with Crippen molar-refractivity contribution in [1.29, 1.82) is 0 Å². The molecule has 1 aromatic rings. The van der Waals surface area contributed by atoms with Gasteiger partial charge in [-0.15, -0.1) is 0 Å². The minimum Gasteiger partial charge on any atom is -0.318 e. The Hall–Kier alpha value is -0.390. The molecule has 4 nitrogen and oxygen atoms in total. The molecule has 0 radical (unpaired) electrons. The summed E-state index contributed by atoms with van der Waals surface area (Å²) in [6, 6.07) is 0. The van der Waals surface area contributed by atoms with E-state index in [9.17, 15) is 0 Å². The summed E-state index contributed by atoms with van der Waals surface area (Å²) in [5, 5.41) is 7.65. The van der Waals surface area contributed by atoms with Crippen molar-refractivity contribution in [3.05, 3.63) is 15.9 Å². The molecule has 1 heterocycles. The smallest absolute Gasteiger partial charge is 0.0739 e. The van der Waals surface area contributed by atoms with Crippen molar-refractivity contribution in [1.82, 2.24) is 20.0 Å². The zero-order valence-corrected chi connectivity index (χ0v) is 12.1. The maximum atomic E-state index is 4.49. The van der Waals surface area contributed by atoms with Gasteiger partial charge in [0.25, 0.3) is 0 Å². The zero-order valence-electron chi connectivity index (χ0n) is 10.5. The van der Waals surface area contributed by atoms with E-state index in [0.717, 1.165) is 36.3 Å². The first-order valence-corrected chi connectivity index (χ1v) is 6.44. The first-order valence-electron chi connectivity index (χ1n) is 5.65. The molecule has 1 N–H and O–H groups in total. The van der Waals surface area contributed by atoms with E-state index in [-0.39, 0.29) is 0 Å². The standard InChI is InChI=1S/C11H21BrN4/c1-5-16-10(11(12)9(2)14-16)8-15(4)7-6-13-3/h13H,5-8H2,1-4H3. The zero-order chi connectivity index (χ0) is 12.1. The van der Waals surface area contributed by atoms with Gasteiger partial charge in [0.15, 0.2) is 0 Å². The third-order valence-electron chi connectivity index (χ3n) is 2.62. The largest absolute Gasteiger partial charge is 0.318 e. The van der Waals surface area contributed by atoms with Crippen LogP contribution in [-0.2, 0) is 13.1 Å². The van der Waals surface area contributed by atoms with E-state index in [0.29, 0.717) is 0 Å². The number of rotatable bonds is 6. The van der Waals surface area contributed by atoms with Gasteiger partial charge < -0.3 is 5.32 Å². The molecule has 0 spiro atoms. The van der Waals surface area contributed by atoms with Crippen molar-refractivity contribution >= 4 is 15.9 Å². The highest BCUT2D eigenvalue weighted by Gasteiger charge is 2.13. The van der Waals surface area contributed by atoms with E-state index < -0.39 is 0 Å². The second-order valence-corrected chi connectivity index (χ2v) is 4.80. The third-order valence-corrected chi connectivity index (χ3v) is 3.65. The molecule has 1 rings (SSSR count). The van der Waals surface area contributed by atoms with Crippen LogP contribution in [-0.4, -0.2) is 41.9 Å². The lowest BCUT2D eigenvalue weighted by molar-refractivity contribution is 0.316. The molecule has 0 aromatic carbocycles. The molecule has 0 aliphatic heterocycles. The highest BCUT2D eigenvalue weighted by atomic mass is 79.9. The van der Waals surface area contributed by atoms with Gasteiger partial charge >= 0.3 is 0 Å². The maximum Gasteiger partial charge on any atom is 0.0739 e. The van der Waals surface area contributed by atoms with Gasteiger partial charge in [0, 0.05) is 26.2 Å². The van der Waals surface area contributed by atoms with Crippen LogP contribution < -0.4 is 5.32 Å². The van der Waals surface area contributed by atoms with E-state index >= 15 is 0 Å². The molecule has 16 heavy (non-hydrogen) atoms. The molecule has 92 valence electrons. The Bertz CT molecular complexity index is 335. The average Bonchev–Trinajstić information content (AvgIpc) is 2.54. The minimum atomic E-state index is 0.918. The number of nitrogens with zero attached hydrogens (tertiary/aromatic N) is 3. The van der Waals surface area contributed by atoms with E-state index in [1.54, 1.807) is 0 Å². The summed E-state index contributed by atoms with van der Waals surface area (Å²) in [6.45, 7) is 8.05. The van der Waals surface area contributed by atoms with Crippen LogP contribution in [0, 0.1) is 6.92 Å². The van der Waals surface area contributed by atoms with Crippen LogP contribution in [0.25, 0.3) is 0 Å². The molecule has 0 saturated heterocycles. The number of hydrogen-bond donors (Lipinski definition) is 1. The summed E-state index contributed by atoms with van der Waals surface area (Å²) in [5.74, 6) is 0. The molecule has 5 heteroatoms. The molecule has 0 amide bonds. The van der Waals surface area contributed by atoms with Gasteiger partial charge in [-0.3, -0.25) is 9.58 Å². The monoisotopic (exact) mass is 288 g/mol. The van der Waals surface area contributed by atoms with Crippen LogP contribution in [0.2, 0.25) is 0 Å². The SMILES string of the molecule is CCn1nc(C)c(Br)c1CN(C)CCNC. The predicted octanol–water partition coefficient (Wildman–Crippen LogP) is 1.63. The van der Waals surface area contributed by atoms with Gasteiger partial charge in [-0.25, -0.2) is 0 Å². The first-order chi connectivity index (χ1) is 7.60. The Kier molecular flexibility index (Phi) is 5.44. The average molecular weight is 289 g/mol. The van der Waals surface area contributed by atoms with Gasteiger partial charge in [-0.1, -0.05) is 0 Å². The number of aryl methyl sites for hydroxylation is 2. The normalized spacial score (nSPS) is 11.4. The Morgan fingerprint density at radius 2 is 2.19 bits per heavy atom. The lowest BCUT2D eigenvalue weighted by Crippen LogP contribution is -2.28. The van der Waals surface area contributed by atoms with Crippen molar-refractivity contribution in [2.75, 3.05) is 27.2 Å². The lowest BCUT2D eigenvalue weighted by atomic mass is 10.3. The topological polar surface area (TPSA) is 33.1 Å². The molecule has 0 atom stereocenters. The number of halogens is 1. The molecule has 0 saturated carbocycles. The predicted molar refractivity (Wildman–Crippen MR) is 70.6 cm³/mol. The maximum absolute atomic E-state index is 4.49. The Morgan fingerprint density at radius 3 is 2.75 bits per heavy atom. The van der Waals surface area contributed by atoms with E-state index in [1.165, 1.54) is 5.69 Å². The minimum absolute atomic E-state index is 0.918. The quantitative estimate of drug-likeness (QED) is 0.864. The number of likely N-dealkylation sites (N-methyl/N-ethyl adjacent to an activating group) is 2. The van der Waals surface area contributed by atoms with Crippen molar-refractivity contribution in [2.24, 2.45) is 0 Å². The second-order valence-electron chi connectivity index (χ2n) is 4.00. The summed E-state index contributed by atoms with van der Waals surface area (Å²) in [7, 11) is 4.11. The molecular weight excluding hydrogens is 268 g/mol. The van der Waals surface area contributed by atoms with Gasteiger partial charge in [0.2, 0.25) is 0 Å². The number of aromatic nitrogens is 2. The molecule has 0 fully saturated rings. The van der Waals surface area contributed by atoms with Gasteiger partial charge in [0.05, 0.1) is 15.9 Å². The van der Waals surface area contributed by atoms with Crippen molar-refractivity contribution in [3.8, 4) is 0 Å². The highest BCUT2D eigenvalue weighted by Crippen LogP contribution is 2.21. The molecule has 0 bridgehead atoms. The Balaban J connectivity index is 2.71. The van der Waals surface area contributed by atoms with Gasteiger partial charge in [-0.2, -0.15) is 5.10 Å². The van der Waals surface area contributed by atoms with Crippen LogP contribution in [0.4, 0.5) is 0 Å². The van der Waals surface area contributed by atoms with E-state index in [1.807, 2.05) is 14.0 Å². The molecular formula is C11H21BrN4. The van der Waals surface area contributed by atoms with Crippen LogP contribution >= 0.6 is 15.9 Å². The fourth-order valence-electron chi connectivity index (χ4n) is 1.66. The Morgan fingerprint density at radius 1 is 1.50 bits per heavy atom. The third kappa shape index (κ3) is 3.30. The van der Waals surface area contributed by atoms with Crippen LogP contribution in [0.15, 0.2) is 4.47 Å². The lowest BCUT2D eigenvalue weighted by Gasteiger charge is -2.17. The van der Waals surface area contributed by atoms with Crippen LogP contribution in [0.5, 0.6) is 0 Å². The second kappa shape index (κ2) is 6.37. The van der Waals surface area contributed by atoms with E-state index in [4.69, 9.17) is 0 Å². The molecule has 0 unspecified atom stereocenters. The Labute approximate surface area is 106 Å². The first kappa shape index (κ1) is 13.7. The molecule has 0 aliphatic carbocycles. The summed E-state index contributed by atoms with van der Waals surface area (Å²) in [6.07, 6.45) is 0. The van der Waals surface area contributed by atoms with E-state index in [2.05, 4.69) is 49.9 Å². The summed E-state index contributed by atoms with van der Waals surface area (Å²) in [4.78, 5) is 2.30. The number of nitrogens with one attached hydrogen (secondary N) is 1.